The van der Waals surface area contributed by atoms with Gasteiger partial charge in [0.05, 0.1) is 20.3 Å². The molecule has 1 unspecified atom stereocenters. The molecule has 1 aliphatic rings. The fourth-order valence-corrected chi connectivity index (χ4v) is 3.76. The van der Waals surface area contributed by atoms with Gasteiger partial charge in [0.2, 0.25) is 0 Å². The summed E-state index contributed by atoms with van der Waals surface area (Å²) in [5.74, 6) is 2.49. The highest BCUT2D eigenvalue weighted by Gasteiger charge is 2.23. The topological polar surface area (TPSA) is 78.4 Å². The highest BCUT2D eigenvalue weighted by Crippen LogP contribution is 2.26. The van der Waals surface area contributed by atoms with Gasteiger partial charge in [-0.1, -0.05) is 12.1 Å². The molecule has 1 fully saturated rings. The Hall–Kier alpha value is -2.93. The molecule has 0 spiro atoms. The zero-order chi connectivity index (χ0) is 21.3. The first-order valence-electron chi connectivity index (χ1n) is 10.3. The van der Waals surface area contributed by atoms with Gasteiger partial charge >= 0.3 is 0 Å². The second-order valence-electron chi connectivity index (χ2n) is 7.33. The second-order valence-corrected chi connectivity index (χ2v) is 7.33. The van der Waals surface area contributed by atoms with Crippen LogP contribution >= 0.6 is 0 Å². The Balaban J connectivity index is 1.64. The zero-order valence-corrected chi connectivity index (χ0v) is 18.0. The maximum Gasteiger partial charge on any atom is 0.191 e. The van der Waals surface area contributed by atoms with Crippen molar-refractivity contribution in [3.05, 3.63) is 53.6 Å². The molecule has 1 aliphatic heterocycles. The summed E-state index contributed by atoms with van der Waals surface area (Å²) < 4.78 is 10.5. The Kier molecular flexibility index (Phi) is 7.79. The summed E-state index contributed by atoms with van der Waals surface area (Å²) in [5, 5.41) is 16.8. The van der Waals surface area contributed by atoms with Crippen molar-refractivity contribution in [3.8, 4) is 17.2 Å². The molecule has 2 aromatic rings. The maximum atomic E-state index is 10.1. The van der Waals surface area contributed by atoms with Gasteiger partial charge in [-0.2, -0.15) is 0 Å². The van der Waals surface area contributed by atoms with Crippen molar-refractivity contribution in [2.45, 2.75) is 25.4 Å². The predicted molar refractivity (Wildman–Crippen MR) is 119 cm³/mol. The molecule has 0 aromatic heterocycles. The zero-order valence-electron chi connectivity index (χ0n) is 18.0. The maximum absolute atomic E-state index is 10.1. The largest absolute Gasteiger partial charge is 0.508 e. The molecule has 0 saturated carbocycles. The van der Waals surface area contributed by atoms with E-state index in [2.05, 4.69) is 32.7 Å². The standard InChI is InChI=1S/C23H32N4O3/c1-24-23(25-15-18-14-20(30-3)10-11-22(18)28)26-16-21(27-12-4-5-13-27)17-6-8-19(29-2)9-7-17/h6-11,14,21,28H,4-5,12-13,15-16H2,1-3H3,(H2,24,25,26). The smallest absolute Gasteiger partial charge is 0.191 e. The van der Waals surface area contributed by atoms with E-state index >= 15 is 0 Å². The van der Waals surface area contributed by atoms with Crippen LogP contribution in [0.5, 0.6) is 17.2 Å². The molecule has 3 N–H and O–H groups in total. The van der Waals surface area contributed by atoms with Gasteiger partial charge in [-0.15, -0.1) is 0 Å². The van der Waals surface area contributed by atoms with E-state index < -0.39 is 0 Å². The number of phenolic OH excluding ortho intramolecular Hbond substituents is 1. The average Bonchev–Trinajstić information content (AvgIpc) is 3.32. The molecule has 7 heteroatoms. The number of phenols is 1. The van der Waals surface area contributed by atoms with Crippen molar-refractivity contribution in [1.29, 1.82) is 0 Å². The van der Waals surface area contributed by atoms with Crippen LogP contribution in [0.1, 0.15) is 30.0 Å². The molecule has 1 saturated heterocycles. The van der Waals surface area contributed by atoms with E-state index in [9.17, 15) is 5.11 Å². The van der Waals surface area contributed by atoms with E-state index in [4.69, 9.17) is 9.47 Å². The fraction of sp³-hybridized carbons (Fsp3) is 0.435. The molecule has 0 bridgehead atoms. The van der Waals surface area contributed by atoms with E-state index in [1.807, 2.05) is 18.2 Å². The van der Waals surface area contributed by atoms with Crippen LogP contribution in [0, 0.1) is 0 Å². The van der Waals surface area contributed by atoms with E-state index in [0.29, 0.717) is 18.3 Å². The number of aliphatic imine (C=N–C) groups is 1. The molecular formula is C23H32N4O3. The van der Waals surface area contributed by atoms with Gasteiger partial charge in [0.1, 0.15) is 17.2 Å². The number of hydrogen-bond acceptors (Lipinski definition) is 5. The molecular weight excluding hydrogens is 380 g/mol. The fourth-order valence-electron chi connectivity index (χ4n) is 3.76. The van der Waals surface area contributed by atoms with Crippen molar-refractivity contribution < 1.29 is 14.6 Å². The first kappa shape index (κ1) is 21.8. The van der Waals surface area contributed by atoms with Gasteiger partial charge < -0.3 is 25.2 Å². The summed E-state index contributed by atoms with van der Waals surface area (Å²) in [6.07, 6.45) is 2.46. The van der Waals surface area contributed by atoms with Crippen LogP contribution in [0.2, 0.25) is 0 Å². The Morgan fingerprint density at radius 2 is 1.70 bits per heavy atom. The third-order valence-corrected chi connectivity index (χ3v) is 5.50. The van der Waals surface area contributed by atoms with Crippen molar-refractivity contribution >= 4 is 5.96 Å². The summed E-state index contributed by atoms with van der Waals surface area (Å²) in [6, 6.07) is 13.7. The van der Waals surface area contributed by atoms with Crippen molar-refractivity contribution in [2.75, 3.05) is 40.9 Å². The number of likely N-dealkylation sites (tertiary alicyclic amines) is 1. The van der Waals surface area contributed by atoms with Crippen LogP contribution in [0.25, 0.3) is 0 Å². The molecule has 1 heterocycles. The van der Waals surface area contributed by atoms with Crippen LogP contribution < -0.4 is 20.1 Å². The predicted octanol–water partition coefficient (Wildman–Crippen LogP) is 2.91. The molecule has 3 rings (SSSR count). The second kappa shape index (κ2) is 10.7. The van der Waals surface area contributed by atoms with E-state index in [0.717, 1.165) is 30.9 Å². The van der Waals surface area contributed by atoms with E-state index in [1.54, 1.807) is 33.4 Å². The summed E-state index contributed by atoms with van der Waals surface area (Å²) in [7, 11) is 5.05. The van der Waals surface area contributed by atoms with Gasteiger partial charge in [0.25, 0.3) is 0 Å². The summed E-state index contributed by atoms with van der Waals surface area (Å²) in [5.41, 5.74) is 2.01. The number of benzene rings is 2. The summed E-state index contributed by atoms with van der Waals surface area (Å²) in [4.78, 5) is 6.85. The summed E-state index contributed by atoms with van der Waals surface area (Å²) >= 11 is 0. The lowest BCUT2D eigenvalue weighted by Crippen LogP contribution is -2.42. The number of nitrogens with one attached hydrogen (secondary N) is 2. The minimum Gasteiger partial charge on any atom is -0.508 e. The quantitative estimate of drug-likeness (QED) is 0.457. The van der Waals surface area contributed by atoms with Crippen molar-refractivity contribution in [2.24, 2.45) is 4.99 Å². The van der Waals surface area contributed by atoms with Gasteiger partial charge in [-0.25, -0.2) is 0 Å². The molecule has 162 valence electrons. The Labute approximate surface area is 178 Å². The van der Waals surface area contributed by atoms with Crippen LogP contribution in [-0.2, 0) is 6.54 Å². The lowest BCUT2D eigenvalue weighted by Gasteiger charge is -2.29. The Bertz CT molecular complexity index is 833. The van der Waals surface area contributed by atoms with Crippen molar-refractivity contribution in [3.63, 3.8) is 0 Å². The highest BCUT2D eigenvalue weighted by atomic mass is 16.5. The number of hydrogen-bond donors (Lipinski definition) is 3. The summed E-state index contributed by atoms with van der Waals surface area (Å²) in [6.45, 7) is 3.37. The lowest BCUT2D eigenvalue weighted by molar-refractivity contribution is 0.245. The number of rotatable bonds is 8. The number of ether oxygens (including phenoxy) is 2. The minimum absolute atomic E-state index is 0.229. The van der Waals surface area contributed by atoms with Gasteiger partial charge in [0.15, 0.2) is 5.96 Å². The molecule has 0 amide bonds. The van der Waals surface area contributed by atoms with Gasteiger partial charge in [-0.05, 0) is 61.8 Å². The third-order valence-electron chi connectivity index (χ3n) is 5.50. The normalized spacial score (nSPS) is 15.6. The average molecular weight is 413 g/mol. The third kappa shape index (κ3) is 5.57. The monoisotopic (exact) mass is 412 g/mol. The SMILES string of the molecule is CN=C(NCc1cc(OC)ccc1O)NCC(c1ccc(OC)cc1)N1CCCC1. The first-order chi connectivity index (χ1) is 14.6. The molecule has 0 aliphatic carbocycles. The number of aromatic hydroxyl groups is 1. The van der Waals surface area contributed by atoms with E-state index in [-0.39, 0.29) is 11.8 Å². The van der Waals surface area contributed by atoms with Gasteiger partial charge in [-0.3, -0.25) is 9.89 Å². The Morgan fingerprint density at radius 3 is 2.33 bits per heavy atom. The number of nitrogens with zero attached hydrogens (tertiary/aromatic N) is 2. The van der Waals surface area contributed by atoms with Crippen LogP contribution in [0.4, 0.5) is 0 Å². The van der Waals surface area contributed by atoms with Gasteiger partial charge in [0, 0.05) is 25.7 Å². The molecule has 7 nitrogen and oxygen atoms in total. The first-order valence-corrected chi connectivity index (χ1v) is 10.3. The molecule has 1 atom stereocenters. The van der Waals surface area contributed by atoms with Crippen LogP contribution in [0.15, 0.2) is 47.5 Å². The highest BCUT2D eigenvalue weighted by molar-refractivity contribution is 5.79. The minimum atomic E-state index is 0.229. The molecule has 0 radical (unpaired) electrons. The van der Waals surface area contributed by atoms with E-state index in [1.165, 1.54) is 18.4 Å². The van der Waals surface area contributed by atoms with Crippen molar-refractivity contribution in [1.82, 2.24) is 15.5 Å². The van der Waals surface area contributed by atoms with Crippen LogP contribution in [0.3, 0.4) is 0 Å². The molecule has 2 aromatic carbocycles. The molecule has 30 heavy (non-hydrogen) atoms. The number of guanidine groups is 1. The van der Waals surface area contributed by atoms with Crippen LogP contribution in [-0.4, -0.2) is 56.9 Å². The lowest BCUT2D eigenvalue weighted by atomic mass is 10.1. The number of methoxy groups -OCH3 is 2. The Morgan fingerprint density at radius 1 is 1.03 bits per heavy atom.